The third kappa shape index (κ3) is 4.06. The highest BCUT2D eigenvalue weighted by molar-refractivity contribution is 6.31. The fourth-order valence-corrected chi connectivity index (χ4v) is 5.86. The minimum Gasteiger partial charge on any atom is -0.507 e. The molecular formula is C27H31NO10. The minimum absolute atomic E-state index is 0.0165. The van der Waals surface area contributed by atoms with Crippen molar-refractivity contribution in [3.8, 4) is 17.2 Å². The molecule has 1 unspecified atom stereocenters. The zero-order chi connectivity index (χ0) is 27.5. The number of aliphatic hydroxyl groups excluding tert-OH is 2. The SMILES string of the molecule is COc1cccc2c1C(=O)c1c(O)c3c(c(O)c1C2=O)C[C@@](O)(CCO)C[C@@H]3O[C@H]1C[C@H](N)[C@@H](O)C(C)O1. The molecule has 6 atom stereocenters. The van der Waals surface area contributed by atoms with Gasteiger partial charge in [-0.3, -0.25) is 9.59 Å². The van der Waals surface area contributed by atoms with Gasteiger partial charge in [-0.1, -0.05) is 12.1 Å². The Hall–Kier alpha value is -3.06. The van der Waals surface area contributed by atoms with Crippen LogP contribution in [0.25, 0.3) is 0 Å². The molecule has 1 aliphatic heterocycles. The number of fused-ring (bicyclic) bond motifs is 3. The van der Waals surface area contributed by atoms with Gasteiger partial charge >= 0.3 is 0 Å². The van der Waals surface area contributed by atoms with E-state index in [-0.39, 0.29) is 71.4 Å². The van der Waals surface area contributed by atoms with Gasteiger partial charge in [-0.2, -0.15) is 0 Å². The van der Waals surface area contributed by atoms with E-state index in [1.165, 1.54) is 19.2 Å². The summed E-state index contributed by atoms with van der Waals surface area (Å²) in [6.45, 7) is 1.26. The molecule has 11 nitrogen and oxygen atoms in total. The van der Waals surface area contributed by atoms with E-state index < -0.39 is 59.3 Å². The molecule has 3 aliphatic rings. The smallest absolute Gasteiger partial charge is 0.202 e. The molecule has 1 fully saturated rings. The number of aromatic hydroxyl groups is 2. The molecule has 1 heterocycles. The van der Waals surface area contributed by atoms with Crippen LogP contribution >= 0.6 is 0 Å². The van der Waals surface area contributed by atoms with Crippen molar-refractivity contribution in [2.45, 2.75) is 68.9 Å². The quantitative estimate of drug-likeness (QED) is 0.257. The van der Waals surface area contributed by atoms with Crippen LogP contribution in [0, 0.1) is 0 Å². The largest absolute Gasteiger partial charge is 0.507 e. The molecule has 0 spiro atoms. The summed E-state index contributed by atoms with van der Waals surface area (Å²) in [5, 5.41) is 53.9. The molecule has 0 amide bonds. The van der Waals surface area contributed by atoms with Gasteiger partial charge in [0.2, 0.25) is 5.78 Å². The van der Waals surface area contributed by atoms with Crippen molar-refractivity contribution >= 4 is 11.6 Å². The van der Waals surface area contributed by atoms with Crippen molar-refractivity contribution in [1.29, 1.82) is 0 Å². The number of methoxy groups -OCH3 is 1. The number of hydrogen-bond donors (Lipinski definition) is 6. The average molecular weight is 530 g/mol. The first-order valence-corrected chi connectivity index (χ1v) is 12.5. The lowest BCUT2D eigenvalue weighted by atomic mass is 9.72. The van der Waals surface area contributed by atoms with Gasteiger partial charge in [-0.15, -0.1) is 0 Å². The molecule has 0 bridgehead atoms. The fraction of sp³-hybridized carbons (Fsp3) is 0.481. The van der Waals surface area contributed by atoms with Gasteiger partial charge in [-0.05, 0) is 19.4 Å². The lowest BCUT2D eigenvalue weighted by molar-refractivity contribution is -0.248. The monoisotopic (exact) mass is 529 g/mol. The maximum Gasteiger partial charge on any atom is 0.202 e. The molecule has 11 heteroatoms. The van der Waals surface area contributed by atoms with E-state index in [0.29, 0.717) is 0 Å². The van der Waals surface area contributed by atoms with E-state index in [1.807, 2.05) is 0 Å². The van der Waals surface area contributed by atoms with Crippen molar-refractivity contribution in [3.05, 3.63) is 51.6 Å². The molecule has 38 heavy (non-hydrogen) atoms. The Morgan fingerprint density at radius 3 is 2.50 bits per heavy atom. The molecule has 0 saturated carbocycles. The maximum absolute atomic E-state index is 13.6. The number of ether oxygens (including phenoxy) is 3. The zero-order valence-electron chi connectivity index (χ0n) is 21.0. The van der Waals surface area contributed by atoms with Crippen LogP contribution in [0.5, 0.6) is 17.2 Å². The van der Waals surface area contributed by atoms with Crippen LogP contribution < -0.4 is 10.5 Å². The summed E-state index contributed by atoms with van der Waals surface area (Å²) < 4.78 is 17.2. The second-order valence-electron chi connectivity index (χ2n) is 10.2. The van der Waals surface area contributed by atoms with Gasteiger partial charge in [0, 0.05) is 48.6 Å². The highest BCUT2D eigenvalue weighted by Gasteiger charge is 2.47. The summed E-state index contributed by atoms with van der Waals surface area (Å²) in [4.78, 5) is 27.1. The van der Waals surface area contributed by atoms with Crippen molar-refractivity contribution < 1.29 is 49.3 Å². The summed E-state index contributed by atoms with van der Waals surface area (Å²) in [5.41, 5.74) is 3.79. The Labute approximate surface area is 218 Å². The number of phenolic OH excluding ortho intramolecular Hbond substituents is 2. The first-order valence-electron chi connectivity index (χ1n) is 12.5. The molecule has 5 rings (SSSR count). The van der Waals surface area contributed by atoms with Gasteiger partial charge < -0.3 is 45.5 Å². The molecule has 2 aromatic rings. The minimum atomic E-state index is -1.56. The molecule has 0 aromatic heterocycles. The third-order valence-corrected chi connectivity index (χ3v) is 7.80. The fourth-order valence-electron chi connectivity index (χ4n) is 5.86. The lowest BCUT2D eigenvalue weighted by Crippen LogP contribution is -2.52. The second kappa shape index (κ2) is 9.60. The van der Waals surface area contributed by atoms with Crippen LogP contribution in [-0.4, -0.2) is 81.0 Å². The molecule has 0 radical (unpaired) electrons. The summed E-state index contributed by atoms with van der Waals surface area (Å²) in [7, 11) is 1.35. The van der Waals surface area contributed by atoms with E-state index in [2.05, 4.69) is 0 Å². The number of hydrogen-bond acceptors (Lipinski definition) is 11. The predicted molar refractivity (Wildman–Crippen MR) is 131 cm³/mol. The highest BCUT2D eigenvalue weighted by atomic mass is 16.7. The van der Waals surface area contributed by atoms with E-state index in [1.54, 1.807) is 13.0 Å². The van der Waals surface area contributed by atoms with Crippen molar-refractivity contribution in [1.82, 2.24) is 0 Å². The van der Waals surface area contributed by atoms with E-state index in [4.69, 9.17) is 19.9 Å². The van der Waals surface area contributed by atoms with Gasteiger partial charge in [0.25, 0.3) is 0 Å². The number of rotatable bonds is 5. The molecule has 7 N–H and O–H groups in total. The van der Waals surface area contributed by atoms with Crippen LogP contribution in [0.15, 0.2) is 18.2 Å². The Balaban J connectivity index is 1.66. The molecule has 2 aromatic carbocycles. The number of benzene rings is 2. The molecular weight excluding hydrogens is 498 g/mol. The summed E-state index contributed by atoms with van der Waals surface area (Å²) in [5.74, 6) is -2.33. The number of aliphatic hydroxyl groups is 3. The van der Waals surface area contributed by atoms with E-state index in [9.17, 15) is 35.1 Å². The Kier molecular flexibility index (Phi) is 6.70. The van der Waals surface area contributed by atoms with Gasteiger partial charge in [0.15, 0.2) is 12.1 Å². The lowest BCUT2D eigenvalue weighted by Gasteiger charge is -2.42. The van der Waals surface area contributed by atoms with Crippen molar-refractivity contribution in [2.75, 3.05) is 13.7 Å². The number of ketones is 2. The van der Waals surface area contributed by atoms with Crippen molar-refractivity contribution in [2.24, 2.45) is 5.73 Å². The second-order valence-corrected chi connectivity index (χ2v) is 10.2. The standard InChI is InChI=1S/C27H31NO10/c1-11-22(30)14(28)8-17(37-11)38-16-10-27(35,6-7-29)9-13-19(16)26(34)21-20(24(13)32)23(31)12-4-3-5-15(36-2)18(12)25(21)33/h3-5,11,14,16-17,22,29-30,32,34-35H,6-10,28H2,1-2H3/t11?,14-,16-,17-,22-,27-/m0/s1. The Bertz CT molecular complexity index is 1300. The summed E-state index contributed by atoms with van der Waals surface area (Å²) in [6, 6.07) is 3.84. The molecule has 2 aliphatic carbocycles. The van der Waals surface area contributed by atoms with E-state index >= 15 is 0 Å². The van der Waals surface area contributed by atoms with Crippen LogP contribution in [-0.2, 0) is 15.9 Å². The normalized spacial score (nSPS) is 30.4. The van der Waals surface area contributed by atoms with E-state index in [0.717, 1.165) is 0 Å². The van der Waals surface area contributed by atoms with Crippen LogP contribution in [0.3, 0.4) is 0 Å². The number of carbonyl (C=O) groups excluding carboxylic acids is 2. The Morgan fingerprint density at radius 2 is 1.84 bits per heavy atom. The molecule has 204 valence electrons. The van der Waals surface area contributed by atoms with Gasteiger partial charge in [-0.25, -0.2) is 0 Å². The highest BCUT2D eigenvalue weighted by Crippen LogP contribution is 2.52. The predicted octanol–water partition coefficient (Wildman–Crippen LogP) is 0.822. The number of nitrogens with two attached hydrogens (primary N) is 1. The Morgan fingerprint density at radius 1 is 1.13 bits per heavy atom. The van der Waals surface area contributed by atoms with Gasteiger partial charge in [0.05, 0.1) is 47.7 Å². The third-order valence-electron chi connectivity index (χ3n) is 7.80. The van der Waals surface area contributed by atoms with Crippen LogP contribution in [0.2, 0.25) is 0 Å². The number of carbonyl (C=O) groups is 2. The van der Waals surface area contributed by atoms with Crippen LogP contribution in [0.4, 0.5) is 0 Å². The topological polar surface area (TPSA) is 189 Å². The average Bonchev–Trinajstić information content (AvgIpc) is 2.87. The maximum atomic E-state index is 13.6. The van der Waals surface area contributed by atoms with Crippen LogP contribution in [0.1, 0.15) is 75.3 Å². The first kappa shape index (κ1) is 26.5. The zero-order valence-corrected chi connectivity index (χ0v) is 21.0. The number of phenols is 2. The van der Waals surface area contributed by atoms with Crippen molar-refractivity contribution in [3.63, 3.8) is 0 Å². The summed E-state index contributed by atoms with van der Waals surface area (Å²) >= 11 is 0. The van der Waals surface area contributed by atoms with Gasteiger partial charge in [0.1, 0.15) is 17.2 Å². The summed E-state index contributed by atoms with van der Waals surface area (Å²) in [6.07, 6.45) is -3.89. The first-order chi connectivity index (χ1) is 18.0. The molecule has 1 saturated heterocycles.